The largest absolute Gasteiger partial charge is 0.330 e. The van der Waals surface area contributed by atoms with Crippen LogP contribution in [0.25, 0.3) is 0 Å². The van der Waals surface area contributed by atoms with Crippen LogP contribution in [0.4, 0.5) is 0 Å². The summed E-state index contributed by atoms with van der Waals surface area (Å²) >= 11 is 0. The molecule has 0 bridgehead atoms. The van der Waals surface area contributed by atoms with Gasteiger partial charge in [-0.2, -0.15) is 4.31 Å². The zero-order valence-corrected chi connectivity index (χ0v) is 11.3. The van der Waals surface area contributed by atoms with Crippen molar-refractivity contribution < 1.29 is 8.42 Å². The molecule has 5 heteroatoms. The van der Waals surface area contributed by atoms with Crippen LogP contribution in [0.3, 0.4) is 0 Å². The van der Waals surface area contributed by atoms with Gasteiger partial charge in [-0.3, -0.25) is 0 Å². The smallest absolute Gasteiger partial charge is 0.217 e. The molecule has 0 aromatic rings. The highest BCUT2D eigenvalue weighted by atomic mass is 32.2. The Bertz CT molecular complexity index is 332. The van der Waals surface area contributed by atoms with E-state index in [9.17, 15) is 8.42 Å². The first-order chi connectivity index (χ1) is 8.16. The van der Waals surface area contributed by atoms with Crippen LogP contribution in [-0.4, -0.2) is 37.1 Å². The van der Waals surface area contributed by atoms with E-state index in [0.29, 0.717) is 13.1 Å². The van der Waals surface area contributed by atoms with Crippen LogP contribution >= 0.6 is 0 Å². The number of nitrogens with zero attached hydrogens (tertiary/aromatic N) is 1. The summed E-state index contributed by atoms with van der Waals surface area (Å²) in [5.41, 5.74) is 5.50. The third-order valence-electron chi connectivity index (χ3n) is 3.84. The molecule has 2 saturated carbocycles. The minimum Gasteiger partial charge on any atom is -0.330 e. The summed E-state index contributed by atoms with van der Waals surface area (Å²) in [5, 5.41) is -0.116. The van der Waals surface area contributed by atoms with E-state index in [1.54, 1.807) is 4.31 Å². The average Bonchev–Trinajstić information content (AvgIpc) is 3.15. The van der Waals surface area contributed by atoms with Crippen LogP contribution in [0.1, 0.15) is 51.4 Å². The fourth-order valence-electron chi connectivity index (χ4n) is 2.68. The maximum absolute atomic E-state index is 12.6. The van der Waals surface area contributed by atoms with Crippen LogP contribution in [-0.2, 0) is 10.0 Å². The summed E-state index contributed by atoms with van der Waals surface area (Å²) < 4.78 is 26.9. The molecule has 100 valence electrons. The molecule has 0 atom stereocenters. The first-order valence-electron chi connectivity index (χ1n) is 6.87. The van der Waals surface area contributed by atoms with Crippen LogP contribution in [0, 0.1) is 0 Å². The van der Waals surface area contributed by atoms with Crippen LogP contribution < -0.4 is 5.73 Å². The van der Waals surface area contributed by atoms with Crippen LogP contribution in [0.15, 0.2) is 0 Å². The summed E-state index contributed by atoms with van der Waals surface area (Å²) in [5.74, 6) is 0. The third kappa shape index (κ3) is 3.20. The fraction of sp³-hybridized carbons (Fsp3) is 1.00. The maximum Gasteiger partial charge on any atom is 0.217 e. The van der Waals surface area contributed by atoms with Crippen LogP contribution in [0.5, 0.6) is 0 Å². The molecule has 0 saturated heterocycles. The van der Waals surface area contributed by atoms with Crippen molar-refractivity contribution in [3.63, 3.8) is 0 Å². The van der Waals surface area contributed by atoms with Crippen molar-refractivity contribution in [1.82, 2.24) is 4.31 Å². The third-order valence-corrected chi connectivity index (χ3v) is 6.29. The molecular formula is C12H24N2O2S. The summed E-state index contributed by atoms with van der Waals surface area (Å²) in [6.07, 6.45) is 7.90. The van der Waals surface area contributed by atoms with Gasteiger partial charge in [0, 0.05) is 12.6 Å². The maximum atomic E-state index is 12.6. The molecule has 0 aromatic carbocycles. The highest BCUT2D eigenvalue weighted by Crippen LogP contribution is 2.34. The second kappa shape index (κ2) is 5.67. The molecule has 2 aliphatic rings. The van der Waals surface area contributed by atoms with Gasteiger partial charge in [0.05, 0.1) is 5.25 Å². The molecule has 2 fully saturated rings. The van der Waals surface area contributed by atoms with E-state index in [-0.39, 0.29) is 11.3 Å². The van der Waals surface area contributed by atoms with Crippen molar-refractivity contribution >= 4 is 10.0 Å². The van der Waals surface area contributed by atoms with Gasteiger partial charge < -0.3 is 5.73 Å². The second-order valence-electron chi connectivity index (χ2n) is 5.29. The summed E-state index contributed by atoms with van der Waals surface area (Å²) in [6.45, 7) is 1.20. The molecule has 17 heavy (non-hydrogen) atoms. The number of hydrogen-bond donors (Lipinski definition) is 1. The SMILES string of the molecule is NCCCN(C1CC1)S(=O)(=O)C1CCCCC1. The minimum absolute atomic E-state index is 0.116. The van der Waals surface area contributed by atoms with E-state index >= 15 is 0 Å². The number of hydrogen-bond acceptors (Lipinski definition) is 3. The molecule has 0 aromatic heterocycles. The molecule has 0 amide bonds. The lowest BCUT2D eigenvalue weighted by atomic mass is 10.0. The molecule has 2 rings (SSSR count). The van der Waals surface area contributed by atoms with E-state index in [0.717, 1.165) is 44.9 Å². The molecule has 0 aliphatic heterocycles. The molecular weight excluding hydrogens is 236 g/mol. The summed E-state index contributed by atoms with van der Waals surface area (Å²) in [4.78, 5) is 0. The highest BCUT2D eigenvalue weighted by Gasteiger charge is 2.40. The highest BCUT2D eigenvalue weighted by molar-refractivity contribution is 7.89. The van der Waals surface area contributed by atoms with Gasteiger partial charge in [-0.25, -0.2) is 8.42 Å². The van der Waals surface area contributed by atoms with Crippen LogP contribution in [0.2, 0.25) is 0 Å². The van der Waals surface area contributed by atoms with Gasteiger partial charge >= 0.3 is 0 Å². The Balaban J connectivity index is 2.04. The van der Waals surface area contributed by atoms with E-state index in [1.807, 2.05) is 0 Å². The number of rotatable bonds is 6. The Morgan fingerprint density at radius 3 is 2.24 bits per heavy atom. The van der Waals surface area contributed by atoms with Crippen molar-refractivity contribution in [2.45, 2.75) is 62.7 Å². The van der Waals surface area contributed by atoms with Gasteiger partial charge in [-0.1, -0.05) is 19.3 Å². The Hall–Kier alpha value is -0.130. The van der Waals surface area contributed by atoms with E-state index in [4.69, 9.17) is 5.73 Å². The minimum atomic E-state index is -3.06. The first kappa shape index (κ1) is 13.3. The Morgan fingerprint density at radius 2 is 1.71 bits per heavy atom. The standard InChI is InChI=1S/C12H24N2O2S/c13-9-4-10-14(11-7-8-11)17(15,16)12-5-2-1-3-6-12/h11-12H,1-10,13H2. The van der Waals surface area contributed by atoms with Gasteiger partial charge in [0.25, 0.3) is 0 Å². The summed E-state index contributed by atoms with van der Waals surface area (Å²) in [6, 6.07) is 0.286. The average molecular weight is 260 g/mol. The lowest BCUT2D eigenvalue weighted by molar-refractivity contribution is 0.377. The Morgan fingerprint density at radius 1 is 1.06 bits per heavy atom. The molecule has 0 radical (unpaired) electrons. The number of nitrogens with two attached hydrogens (primary N) is 1. The fourth-order valence-corrected chi connectivity index (χ4v) is 5.00. The molecule has 0 spiro atoms. The lowest BCUT2D eigenvalue weighted by Gasteiger charge is -2.29. The second-order valence-corrected chi connectivity index (χ2v) is 7.45. The monoisotopic (exact) mass is 260 g/mol. The van der Waals surface area contributed by atoms with Crippen molar-refractivity contribution in [1.29, 1.82) is 0 Å². The molecule has 0 unspecified atom stereocenters. The Kier molecular flexibility index (Phi) is 4.44. The van der Waals surface area contributed by atoms with Gasteiger partial charge in [-0.05, 0) is 38.6 Å². The molecule has 0 heterocycles. The van der Waals surface area contributed by atoms with E-state index in [1.165, 1.54) is 6.42 Å². The van der Waals surface area contributed by atoms with Crippen molar-refractivity contribution in [2.24, 2.45) is 5.73 Å². The topological polar surface area (TPSA) is 63.4 Å². The van der Waals surface area contributed by atoms with Gasteiger partial charge in [0.15, 0.2) is 0 Å². The van der Waals surface area contributed by atoms with Gasteiger partial charge in [-0.15, -0.1) is 0 Å². The molecule has 4 nitrogen and oxygen atoms in total. The lowest BCUT2D eigenvalue weighted by Crippen LogP contribution is -2.42. The quantitative estimate of drug-likeness (QED) is 0.786. The van der Waals surface area contributed by atoms with Crippen molar-refractivity contribution in [2.75, 3.05) is 13.1 Å². The normalized spacial score (nSPS) is 23.2. The van der Waals surface area contributed by atoms with Gasteiger partial charge in [0.1, 0.15) is 0 Å². The van der Waals surface area contributed by atoms with E-state index in [2.05, 4.69) is 0 Å². The zero-order chi connectivity index (χ0) is 12.3. The number of sulfonamides is 1. The Labute approximate surface area is 105 Å². The summed E-state index contributed by atoms with van der Waals surface area (Å²) in [7, 11) is -3.06. The predicted octanol–water partition coefficient (Wildman–Crippen LogP) is 1.46. The molecule has 2 aliphatic carbocycles. The van der Waals surface area contributed by atoms with Gasteiger partial charge in [0.2, 0.25) is 10.0 Å². The van der Waals surface area contributed by atoms with Crippen molar-refractivity contribution in [3.05, 3.63) is 0 Å². The first-order valence-corrected chi connectivity index (χ1v) is 8.37. The van der Waals surface area contributed by atoms with E-state index < -0.39 is 10.0 Å². The predicted molar refractivity (Wildman–Crippen MR) is 69.2 cm³/mol. The zero-order valence-electron chi connectivity index (χ0n) is 10.5. The molecule has 2 N–H and O–H groups in total. The van der Waals surface area contributed by atoms with Crippen molar-refractivity contribution in [3.8, 4) is 0 Å².